The zero-order valence-electron chi connectivity index (χ0n) is 11.5. The molecule has 0 saturated carbocycles. The molecule has 0 radical (unpaired) electrons. The third-order valence-corrected chi connectivity index (χ3v) is 4.09. The van der Waals surface area contributed by atoms with Crippen LogP contribution >= 0.6 is 11.6 Å². The van der Waals surface area contributed by atoms with Gasteiger partial charge in [-0.25, -0.2) is 4.79 Å². The number of halogens is 1. The quantitative estimate of drug-likeness (QED) is 0.845. The minimum absolute atomic E-state index is 0.0323. The van der Waals surface area contributed by atoms with Gasteiger partial charge in [0.15, 0.2) is 0 Å². The minimum Gasteiger partial charge on any atom is -0.332 e. The van der Waals surface area contributed by atoms with E-state index in [1.165, 1.54) is 0 Å². The van der Waals surface area contributed by atoms with Crippen LogP contribution in [-0.4, -0.2) is 43.7 Å². The summed E-state index contributed by atoms with van der Waals surface area (Å²) in [5, 5.41) is 3.58. The van der Waals surface area contributed by atoms with Crippen molar-refractivity contribution in [1.82, 2.24) is 4.90 Å². The maximum atomic E-state index is 12.1. The summed E-state index contributed by atoms with van der Waals surface area (Å²) in [5.41, 5.74) is 1.77. The van der Waals surface area contributed by atoms with E-state index < -0.39 is 0 Å². The maximum Gasteiger partial charge on any atom is 0.322 e. The van der Waals surface area contributed by atoms with Crippen LogP contribution in [0, 0.1) is 6.92 Å². The number of rotatable bonds is 2. The number of hydrogen-bond acceptors (Lipinski definition) is 1. The molecule has 1 aromatic rings. The summed E-state index contributed by atoms with van der Waals surface area (Å²) in [5.74, 6) is 0. The Hall–Kier alpha value is -1.26. The lowest BCUT2D eigenvalue weighted by Gasteiger charge is -2.31. The summed E-state index contributed by atoms with van der Waals surface area (Å²) in [6.07, 6.45) is 0. The number of quaternary nitrogens is 1. The van der Waals surface area contributed by atoms with Gasteiger partial charge >= 0.3 is 6.03 Å². The minimum atomic E-state index is -0.0323. The number of piperazine rings is 1. The van der Waals surface area contributed by atoms with E-state index in [9.17, 15) is 4.79 Å². The Morgan fingerprint density at radius 2 is 2.11 bits per heavy atom. The van der Waals surface area contributed by atoms with E-state index in [1.54, 1.807) is 11.0 Å². The largest absolute Gasteiger partial charge is 0.332 e. The Morgan fingerprint density at radius 1 is 1.42 bits per heavy atom. The number of urea groups is 1. The molecule has 0 bridgehead atoms. The normalized spacial score (nSPS) is 16.5. The average molecular weight is 283 g/mol. The highest BCUT2D eigenvalue weighted by Gasteiger charge is 2.22. The highest BCUT2D eigenvalue weighted by molar-refractivity contribution is 6.31. The van der Waals surface area contributed by atoms with E-state index in [0.717, 1.165) is 44.0 Å². The molecule has 2 rings (SSSR count). The van der Waals surface area contributed by atoms with Crippen molar-refractivity contribution in [1.29, 1.82) is 0 Å². The average Bonchev–Trinajstić information content (AvgIpc) is 2.43. The van der Waals surface area contributed by atoms with Gasteiger partial charge in [0.05, 0.1) is 32.7 Å². The second-order valence-electron chi connectivity index (χ2n) is 4.98. The zero-order valence-corrected chi connectivity index (χ0v) is 12.3. The van der Waals surface area contributed by atoms with Crippen molar-refractivity contribution in [3.05, 3.63) is 28.8 Å². The van der Waals surface area contributed by atoms with Crippen LogP contribution in [0.3, 0.4) is 0 Å². The lowest BCUT2D eigenvalue weighted by molar-refractivity contribution is -0.902. The lowest BCUT2D eigenvalue weighted by atomic mass is 10.2. The predicted molar refractivity (Wildman–Crippen MR) is 78.0 cm³/mol. The highest BCUT2D eigenvalue weighted by atomic mass is 35.5. The number of nitrogens with zero attached hydrogens (tertiary/aromatic N) is 1. The van der Waals surface area contributed by atoms with Gasteiger partial charge in [0, 0.05) is 10.7 Å². The number of carbonyl (C=O) groups excluding carboxylic acids is 1. The van der Waals surface area contributed by atoms with E-state index in [2.05, 4.69) is 12.2 Å². The monoisotopic (exact) mass is 282 g/mol. The number of benzene rings is 1. The third-order valence-electron chi connectivity index (χ3n) is 3.68. The Balaban J connectivity index is 1.92. The summed E-state index contributed by atoms with van der Waals surface area (Å²) in [4.78, 5) is 15.5. The first-order valence-corrected chi connectivity index (χ1v) is 7.13. The molecule has 2 N–H and O–H groups in total. The molecule has 1 fully saturated rings. The molecule has 1 saturated heterocycles. The van der Waals surface area contributed by atoms with Gasteiger partial charge in [0.2, 0.25) is 0 Å². The van der Waals surface area contributed by atoms with Gasteiger partial charge in [0.1, 0.15) is 0 Å². The first-order valence-electron chi connectivity index (χ1n) is 6.75. The van der Waals surface area contributed by atoms with Crippen molar-refractivity contribution in [2.24, 2.45) is 0 Å². The van der Waals surface area contributed by atoms with Crippen LogP contribution in [-0.2, 0) is 0 Å². The van der Waals surface area contributed by atoms with Crippen molar-refractivity contribution >= 4 is 23.3 Å². The SMILES string of the molecule is CC[NH+]1CCN(C(=O)Nc2ccc(C)c(Cl)c2)CC1. The molecule has 0 aromatic heterocycles. The summed E-state index contributed by atoms with van der Waals surface area (Å²) >= 11 is 6.05. The van der Waals surface area contributed by atoms with E-state index in [4.69, 9.17) is 11.6 Å². The topological polar surface area (TPSA) is 36.8 Å². The van der Waals surface area contributed by atoms with Crippen LogP contribution in [0.2, 0.25) is 5.02 Å². The van der Waals surface area contributed by atoms with Crippen LogP contribution in [0.4, 0.5) is 10.5 Å². The molecule has 104 valence electrons. The van der Waals surface area contributed by atoms with Crippen LogP contribution in [0.15, 0.2) is 18.2 Å². The number of nitrogens with one attached hydrogen (secondary N) is 2. The number of carbonyl (C=O) groups is 1. The second-order valence-corrected chi connectivity index (χ2v) is 5.39. The molecule has 19 heavy (non-hydrogen) atoms. The Bertz CT molecular complexity index is 456. The predicted octanol–water partition coefficient (Wildman–Crippen LogP) is 1.40. The van der Waals surface area contributed by atoms with Crippen LogP contribution in [0.25, 0.3) is 0 Å². The van der Waals surface area contributed by atoms with E-state index in [-0.39, 0.29) is 6.03 Å². The van der Waals surface area contributed by atoms with E-state index in [0.29, 0.717) is 5.02 Å². The van der Waals surface area contributed by atoms with Crippen molar-refractivity contribution in [2.45, 2.75) is 13.8 Å². The number of aryl methyl sites for hydroxylation is 1. The first-order chi connectivity index (χ1) is 9.10. The van der Waals surface area contributed by atoms with Gasteiger partial charge in [-0.1, -0.05) is 17.7 Å². The van der Waals surface area contributed by atoms with Gasteiger partial charge in [-0.3, -0.25) is 0 Å². The molecule has 1 aromatic carbocycles. The van der Waals surface area contributed by atoms with Gasteiger partial charge in [-0.05, 0) is 31.5 Å². The Morgan fingerprint density at radius 3 is 2.68 bits per heavy atom. The third kappa shape index (κ3) is 3.61. The van der Waals surface area contributed by atoms with Crippen molar-refractivity contribution < 1.29 is 9.69 Å². The molecule has 4 nitrogen and oxygen atoms in total. The molecule has 0 atom stereocenters. The smallest absolute Gasteiger partial charge is 0.322 e. The molecule has 1 aliphatic rings. The Labute approximate surface area is 119 Å². The molecule has 1 aliphatic heterocycles. The fourth-order valence-electron chi connectivity index (χ4n) is 2.25. The standard InChI is InChI=1S/C14H20ClN3O/c1-3-17-6-8-18(9-7-17)14(19)16-12-5-4-11(2)13(15)10-12/h4-5,10H,3,6-9H2,1-2H3,(H,16,19)/p+1. The summed E-state index contributed by atoms with van der Waals surface area (Å²) in [6, 6.07) is 5.56. The molecular formula is C14H21ClN3O+. The van der Waals surface area contributed by atoms with Gasteiger partial charge in [-0.15, -0.1) is 0 Å². The molecule has 0 spiro atoms. The molecule has 0 unspecified atom stereocenters. The van der Waals surface area contributed by atoms with Crippen molar-refractivity contribution in [3.8, 4) is 0 Å². The molecule has 0 aliphatic carbocycles. The van der Waals surface area contributed by atoms with Crippen molar-refractivity contribution in [3.63, 3.8) is 0 Å². The van der Waals surface area contributed by atoms with Crippen LogP contribution in [0.5, 0.6) is 0 Å². The van der Waals surface area contributed by atoms with Crippen LogP contribution < -0.4 is 10.2 Å². The molecule has 5 heteroatoms. The summed E-state index contributed by atoms with van der Waals surface area (Å²) < 4.78 is 0. The second kappa shape index (κ2) is 6.26. The molecule has 1 heterocycles. The van der Waals surface area contributed by atoms with Crippen LogP contribution in [0.1, 0.15) is 12.5 Å². The van der Waals surface area contributed by atoms with Gasteiger partial charge in [0.25, 0.3) is 0 Å². The first kappa shape index (κ1) is 14.2. The highest BCUT2D eigenvalue weighted by Crippen LogP contribution is 2.20. The van der Waals surface area contributed by atoms with Crippen molar-refractivity contribution in [2.75, 3.05) is 38.0 Å². The number of likely N-dealkylation sites (N-methyl/N-ethyl adjacent to an activating group) is 1. The Kier molecular flexibility index (Phi) is 4.66. The maximum absolute atomic E-state index is 12.1. The molecule has 2 amide bonds. The number of amides is 2. The van der Waals surface area contributed by atoms with E-state index >= 15 is 0 Å². The number of hydrogen-bond donors (Lipinski definition) is 2. The number of anilines is 1. The fraction of sp³-hybridized carbons (Fsp3) is 0.500. The summed E-state index contributed by atoms with van der Waals surface area (Å²) in [7, 11) is 0. The fourth-order valence-corrected chi connectivity index (χ4v) is 2.43. The van der Waals surface area contributed by atoms with Gasteiger partial charge in [-0.2, -0.15) is 0 Å². The lowest BCUT2D eigenvalue weighted by Crippen LogP contribution is -3.14. The van der Waals surface area contributed by atoms with E-state index in [1.807, 2.05) is 24.0 Å². The zero-order chi connectivity index (χ0) is 13.8. The van der Waals surface area contributed by atoms with Gasteiger partial charge < -0.3 is 15.1 Å². The molecular weight excluding hydrogens is 262 g/mol. The summed E-state index contributed by atoms with van der Waals surface area (Å²) in [6.45, 7) is 8.93.